The minimum absolute atomic E-state index is 0.0130. The average molecular weight is 389 g/mol. The molecule has 0 heterocycles. The Hall–Kier alpha value is -1.55. The molecule has 0 aliphatic heterocycles. The summed E-state index contributed by atoms with van der Waals surface area (Å²) in [5.74, 6) is 2.60. The summed E-state index contributed by atoms with van der Waals surface area (Å²) in [6.45, 7) is 1.07. The number of rotatable bonds is 7. The summed E-state index contributed by atoms with van der Waals surface area (Å²) in [4.78, 5) is 24.9. The molecule has 4 saturated carbocycles. The smallest absolute Gasteiger partial charge is 0.226 e. The third-order valence-electron chi connectivity index (χ3n) is 6.76. The number of hydrogen-bond acceptors (Lipinski definition) is 2. The summed E-state index contributed by atoms with van der Waals surface area (Å²) in [6, 6.07) is 7.49. The molecule has 0 atom stereocenters. The van der Waals surface area contributed by atoms with Crippen molar-refractivity contribution in [2.45, 2.75) is 57.9 Å². The van der Waals surface area contributed by atoms with E-state index >= 15 is 0 Å². The highest BCUT2D eigenvalue weighted by Crippen LogP contribution is 2.60. The number of carbonyl (C=O) groups excluding carboxylic acids is 2. The predicted octanol–water partition coefficient (Wildman–Crippen LogP) is 4.07. The predicted molar refractivity (Wildman–Crippen MR) is 106 cm³/mol. The summed E-state index contributed by atoms with van der Waals surface area (Å²) in [5.41, 5.74) is 0.898. The molecule has 2 amide bonds. The van der Waals surface area contributed by atoms with E-state index in [0.717, 1.165) is 42.6 Å². The summed E-state index contributed by atoms with van der Waals surface area (Å²) >= 11 is 5.95. The van der Waals surface area contributed by atoms with Crippen molar-refractivity contribution in [1.29, 1.82) is 0 Å². The van der Waals surface area contributed by atoms with Crippen LogP contribution in [-0.4, -0.2) is 18.4 Å². The van der Waals surface area contributed by atoms with E-state index < -0.39 is 0 Å². The molecule has 4 aliphatic carbocycles. The van der Waals surface area contributed by atoms with Gasteiger partial charge >= 0.3 is 0 Å². The van der Waals surface area contributed by atoms with Crippen LogP contribution in [-0.2, 0) is 16.1 Å². The molecule has 4 nitrogen and oxygen atoms in total. The summed E-state index contributed by atoms with van der Waals surface area (Å²) in [5, 5.41) is 6.73. The van der Waals surface area contributed by atoms with Crippen LogP contribution in [0.15, 0.2) is 24.3 Å². The van der Waals surface area contributed by atoms with Crippen LogP contribution in [0.1, 0.15) is 56.9 Å². The second-order valence-corrected chi connectivity index (χ2v) is 9.40. The number of carbonyl (C=O) groups is 2. The van der Waals surface area contributed by atoms with Crippen molar-refractivity contribution in [3.63, 3.8) is 0 Å². The Morgan fingerprint density at radius 1 is 1.04 bits per heavy atom. The Morgan fingerprint density at radius 3 is 2.33 bits per heavy atom. The Bertz CT molecular complexity index is 683. The summed E-state index contributed by atoms with van der Waals surface area (Å²) in [7, 11) is 0. The molecule has 0 aromatic heterocycles. The van der Waals surface area contributed by atoms with Crippen LogP contribution >= 0.6 is 11.6 Å². The highest BCUT2D eigenvalue weighted by molar-refractivity contribution is 6.30. The first kappa shape index (κ1) is 18.8. The van der Waals surface area contributed by atoms with Gasteiger partial charge in [-0.05, 0) is 80.4 Å². The maximum absolute atomic E-state index is 12.9. The maximum atomic E-state index is 12.9. The van der Waals surface area contributed by atoms with Gasteiger partial charge in [-0.1, -0.05) is 23.7 Å². The van der Waals surface area contributed by atoms with E-state index in [1.54, 1.807) is 0 Å². The van der Waals surface area contributed by atoms with Gasteiger partial charge in [0.1, 0.15) is 0 Å². The van der Waals surface area contributed by atoms with E-state index in [9.17, 15) is 9.59 Å². The number of benzene rings is 1. The van der Waals surface area contributed by atoms with E-state index in [2.05, 4.69) is 10.6 Å². The first-order valence-corrected chi connectivity index (χ1v) is 10.7. The molecular formula is C22H29ClN2O2. The molecule has 0 unspecified atom stereocenters. The largest absolute Gasteiger partial charge is 0.356 e. The molecule has 0 spiro atoms. The Kier molecular flexibility index (Phi) is 5.45. The van der Waals surface area contributed by atoms with Crippen molar-refractivity contribution in [3.05, 3.63) is 34.9 Å². The molecule has 5 rings (SSSR count). The second kappa shape index (κ2) is 7.83. The zero-order chi connectivity index (χ0) is 18.9. The van der Waals surface area contributed by atoms with Gasteiger partial charge in [-0.15, -0.1) is 0 Å². The van der Waals surface area contributed by atoms with E-state index in [1.807, 2.05) is 24.3 Å². The molecule has 4 fully saturated rings. The monoisotopic (exact) mass is 388 g/mol. The van der Waals surface area contributed by atoms with Gasteiger partial charge < -0.3 is 10.6 Å². The van der Waals surface area contributed by atoms with Crippen molar-refractivity contribution in [3.8, 4) is 0 Å². The van der Waals surface area contributed by atoms with Gasteiger partial charge in [-0.25, -0.2) is 0 Å². The highest BCUT2D eigenvalue weighted by atomic mass is 35.5. The molecule has 4 aliphatic rings. The lowest BCUT2D eigenvalue weighted by Crippen LogP contribution is -2.53. The van der Waals surface area contributed by atoms with Crippen LogP contribution < -0.4 is 10.6 Å². The van der Waals surface area contributed by atoms with Gasteiger partial charge in [0.15, 0.2) is 0 Å². The minimum atomic E-state index is -0.0937. The number of halogens is 1. The Labute approximate surface area is 166 Å². The molecule has 146 valence electrons. The molecule has 1 aromatic carbocycles. The van der Waals surface area contributed by atoms with Crippen LogP contribution in [0, 0.1) is 23.2 Å². The maximum Gasteiger partial charge on any atom is 0.226 e. The van der Waals surface area contributed by atoms with Gasteiger partial charge in [-0.3, -0.25) is 9.59 Å². The first-order valence-electron chi connectivity index (χ1n) is 10.3. The first-order chi connectivity index (χ1) is 13.0. The fraction of sp³-hybridized carbons (Fsp3) is 0.636. The van der Waals surface area contributed by atoms with Crippen LogP contribution in [0.3, 0.4) is 0 Å². The molecule has 2 N–H and O–H groups in total. The molecule has 4 bridgehead atoms. The quantitative estimate of drug-likeness (QED) is 0.692. The topological polar surface area (TPSA) is 58.2 Å². The van der Waals surface area contributed by atoms with Gasteiger partial charge in [0, 0.05) is 29.9 Å². The zero-order valence-corrected chi connectivity index (χ0v) is 16.6. The zero-order valence-electron chi connectivity index (χ0n) is 15.8. The van der Waals surface area contributed by atoms with E-state index in [-0.39, 0.29) is 17.2 Å². The van der Waals surface area contributed by atoms with Crippen molar-refractivity contribution in [1.82, 2.24) is 10.6 Å². The van der Waals surface area contributed by atoms with Gasteiger partial charge in [-0.2, -0.15) is 0 Å². The second-order valence-electron chi connectivity index (χ2n) is 8.96. The molecule has 0 saturated heterocycles. The van der Waals surface area contributed by atoms with Crippen molar-refractivity contribution >= 4 is 23.4 Å². The van der Waals surface area contributed by atoms with Crippen molar-refractivity contribution < 1.29 is 9.59 Å². The molecular weight excluding hydrogens is 360 g/mol. The van der Waals surface area contributed by atoms with E-state index in [1.165, 1.54) is 19.3 Å². The lowest BCUT2D eigenvalue weighted by Gasteiger charge is -2.55. The standard InChI is InChI=1S/C22H29ClN2O2/c23-19-4-1-3-15(10-19)14-25-20(26)5-2-6-24-21(27)22-11-16-7-17(12-22)9-18(8-16)13-22/h1,3-4,10,16-18H,2,5-9,11-14H2,(H,24,27)(H,25,26). The molecule has 0 radical (unpaired) electrons. The van der Waals surface area contributed by atoms with Gasteiger partial charge in [0.05, 0.1) is 0 Å². The van der Waals surface area contributed by atoms with E-state index in [4.69, 9.17) is 11.6 Å². The lowest BCUT2D eigenvalue weighted by atomic mass is 9.49. The fourth-order valence-electron chi connectivity index (χ4n) is 5.96. The van der Waals surface area contributed by atoms with Crippen LogP contribution in [0.5, 0.6) is 0 Å². The average Bonchev–Trinajstić information content (AvgIpc) is 2.62. The van der Waals surface area contributed by atoms with E-state index in [0.29, 0.717) is 31.0 Å². The Balaban J connectivity index is 1.17. The minimum Gasteiger partial charge on any atom is -0.356 e. The SMILES string of the molecule is O=C(CCCNC(=O)C12CC3CC(CC(C3)C1)C2)NCc1cccc(Cl)c1. The van der Waals surface area contributed by atoms with Crippen LogP contribution in [0.25, 0.3) is 0 Å². The van der Waals surface area contributed by atoms with Crippen molar-refractivity contribution in [2.24, 2.45) is 23.2 Å². The third kappa shape index (κ3) is 4.31. The Morgan fingerprint density at radius 2 is 1.70 bits per heavy atom. The van der Waals surface area contributed by atoms with Crippen LogP contribution in [0.4, 0.5) is 0 Å². The number of amides is 2. The third-order valence-corrected chi connectivity index (χ3v) is 7.00. The summed E-state index contributed by atoms with van der Waals surface area (Å²) in [6.07, 6.45) is 8.42. The van der Waals surface area contributed by atoms with Gasteiger partial charge in [0.2, 0.25) is 11.8 Å². The summed E-state index contributed by atoms with van der Waals surface area (Å²) < 4.78 is 0. The molecule has 27 heavy (non-hydrogen) atoms. The number of nitrogens with one attached hydrogen (secondary N) is 2. The number of hydrogen-bond donors (Lipinski definition) is 2. The fourth-order valence-corrected chi connectivity index (χ4v) is 6.18. The van der Waals surface area contributed by atoms with Crippen molar-refractivity contribution in [2.75, 3.05) is 6.54 Å². The normalized spacial score (nSPS) is 30.9. The lowest BCUT2D eigenvalue weighted by molar-refractivity contribution is -0.146. The molecule has 5 heteroatoms. The highest BCUT2D eigenvalue weighted by Gasteiger charge is 2.54. The molecule has 1 aromatic rings. The van der Waals surface area contributed by atoms with Gasteiger partial charge in [0.25, 0.3) is 0 Å². The van der Waals surface area contributed by atoms with Crippen LogP contribution in [0.2, 0.25) is 5.02 Å².